The first kappa shape index (κ1) is 28.6. The van der Waals surface area contributed by atoms with E-state index >= 15 is 0 Å². The first-order valence-corrected chi connectivity index (χ1v) is 13.6. The number of nitrogens with zero attached hydrogens (tertiary/aromatic N) is 1. The molecule has 0 bridgehead atoms. The van der Waals surface area contributed by atoms with E-state index in [1.807, 2.05) is 30.3 Å². The van der Waals surface area contributed by atoms with Crippen LogP contribution in [0.2, 0.25) is 0 Å². The third kappa shape index (κ3) is 5.50. The normalized spacial score (nSPS) is 14.0. The third-order valence-corrected chi connectivity index (χ3v) is 7.29. The Morgan fingerprint density at radius 1 is 0.952 bits per heavy atom. The van der Waals surface area contributed by atoms with Gasteiger partial charge in [-0.25, -0.2) is 0 Å². The van der Waals surface area contributed by atoms with Crippen molar-refractivity contribution >= 4 is 34.3 Å². The first-order valence-electron chi connectivity index (χ1n) is 13.6. The van der Waals surface area contributed by atoms with Gasteiger partial charge in [0.25, 0.3) is 5.56 Å². The van der Waals surface area contributed by atoms with Gasteiger partial charge in [0.05, 0.1) is 45.6 Å². The Balaban J connectivity index is 1.57. The van der Waals surface area contributed by atoms with Crippen LogP contribution in [0.3, 0.4) is 0 Å². The van der Waals surface area contributed by atoms with E-state index in [2.05, 4.69) is 11.4 Å². The van der Waals surface area contributed by atoms with Crippen LogP contribution >= 0.6 is 0 Å². The molecule has 1 amide bonds. The molecule has 1 aromatic heterocycles. The van der Waals surface area contributed by atoms with Crippen molar-refractivity contribution in [2.24, 2.45) is 5.92 Å². The summed E-state index contributed by atoms with van der Waals surface area (Å²) in [4.78, 5) is 27.1. The van der Waals surface area contributed by atoms with Crippen molar-refractivity contribution in [1.29, 1.82) is 0 Å². The molecule has 218 valence electrons. The summed E-state index contributed by atoms with van der Waals surface area (Å²) in [6, 6.07) is 16.1. The molecule has 0 radical (unpaired) electrons. The SMILES string of the molecule is COc1cc(NC(=O)Cc2cccc(-n3c(=O)c(=C(\C)O)/c(=C/C4CC4)c4c(OC)cccc43)c2)cc(OC)c1OC. The van der Waals surface area contributed by atoms with Crippen LogP contribution in [-0.4, -0.2) is 44.0 Å². The highest BCUT2D eigenvalue weighted by Crippen LogP contribution is 2.40. The van der Waals surface area contributed by atoms with Crippen molar-refractivity contribution in [3.63, 3.8) is 0 Å². The lowest BCUT2D eigenvalue weighted by atomic mass is 10.1. The molecule has 42 heavy (non-hydrogen) atoms. The van der Waals surface area contributed by atoms with Gasteiger partial charge in [-0.15, -0.1) is 0 Å². The van der Waals surface area contributed by atoms with Crippen LogP contribution in [0.1, 0.15) is 25.3 Å². The van der Waals surface area contributed by atoms with E-state index < -0.39 is 0 Å². The fraction of sp³-hybridized carbons (Fsp3) is 0.273. The quantitative estimate of drug-likeness (QED) is 0.312. The standard InChI is InChI=1S/C33H34N2O7/c1-19(36)30-24(15-20-12-13-20)31-25(10-7-11-26(31)39-2)35(33(30)38)23-9-6-8-21(14-23)16-29(37)34-22-17-27(40-3)32(42-5)28(18-22)41-4/h6-11,14-15,17-18,20,36H,12-13,16H2,1-5H3,(H,34,37)/b24-15-,30-19+. The fourth-order valence-corrected chi connectivity index (χ4v) is 5.23. The van der Waals surface area contributed by atoms with Crippen LogP contribution in [0.5, 0.6) is 23.0 Å². The molecular weight excluding hydrogens is 536 g/mol. The number of nitrogens with one attached hydrogen (secondary N) is 1. The van der Waals surface area contributed by atoms with E-state index in [9.17, 15) is 14.7 Å². The summed E-state index contributed by atoms with van der Waals surface area (Å²) in [5, 5.41) is 15.3. The summed E-state index contributed by atoms with van der Waals surface area (Å²) < 4.78 is 23.4. The van der Waals surface area contributed by atoms with Gasteiger partial charge in [0.15, 0.2) is 11.5 Å². The number of aliphatic hydroxyl groups is 1. The molecule has 0 spiro atoms. The third-order valence-electron chi connectivity index (χ3n) is 7.29. The predicted molar refractivity (Wildman–Crippen MR) is 163 cm³/mol. The summed E-state index contributed by atoms with van der Waals surface area (Å²) in [6.07, 6.45) is 4.20. The van der Waals surface area contributed by atoms with Crippen molar-refractivity contribution in [1.82, 2.24) is 4.57 Å². The minimum atomic E-state index is -0.346. The van der Waals surface area contributed by atoms with Gasteiger partial charge in [0.1, 0.15) is 11.5 Å². The van der Waals surface area contributed by atoms with E-state index in [4.69, 9.17) is 18.9 Å². The topological polar surface area (TPSA) is 108 Å². The molecule has 1 saturated carbocycles. The number of carbonyl (C=O) groups is 1. The van der Waals surface area contributed by atoms with Crippen molar-refractivity contribution in [3.8, 4) is 28.7 Å². The molecule has 2 N–H and O–H groups in total. The molecule has 1 fully saturated rings. The van der Waals surface area contributed by atoms with E-state index in [-0.39, 0.29) is 28.9 Å². The van der Waals surface area contributed by atoms with Crippen molar-refractivity contribution in [2.75, 3.05) is 33.8 Å². The highest BCUT2D eigenvalue weighted by Gasteiger charge is 2.21. The maximum Gasteiger partial charge on any atom is 0.266 e. The van der Waals surface area contributed by atoms with E-state index in [1.165, 1.54) is 28.3 Å². The second kappa shape index (κ2) is 11.9. The maximum absolute atomic E-state index is 14.0. The Kier molecular flexibility index (Phi) is 8.10. The molecule has 1 aliphatic carbocycles. The van der Waals surface area contributed by atoms with Crippen LogP contribution in [0, 0.1) is 5.92 Å². The number of hydrogen-bond acceptors (Lipinski definition) is 7. The van der Waals surface area contributed by atoms with E-state index in [0.29, 0.717) is 56.6 Å². The molecule has 0 atom stereocenters. The fourth-order valence-electron chi connectivity index (χ4n) is 5.23. The molecule has 1 heterocycles. The second-order valence-corrected chi connectivity index (χ2v) is 10.2. The zero-order valence-electron chi connectivity index (χ0n) is 24.3. The number of ether oxygens (including phenoxy) is 4. The lowest BCUT2D eigenvalue weighted by Crippen LogP contribution is -2.46. The molecule has 0 aliphatic heterocycles. The van der Waals surface area contributed by atoms with Gasteiger partial charge in [0, 0.05) is 28.9 Å². The monoisotopic (exact) mass is 570 g/mol. The Morgan fingerprint density at radius 3 is 2.21 bits per heavy atom. The Hall–Kier alpha value is -4.92. The van der Waals surface area contributed by atoms with Gasteiger partial charge in [-0.3, -0.25) is 14.2 Å². The molecule has 5 rings (SSSR count). The van der Waals surface area contributed by atoms with Gasteiger partial charge in [-0.1, -0.05) is 24.3 Å². The van der Waals surface area contributed by atoms with Crippen LogP contribution in [0.15, 0.2) is 59.4 Å². The summed E-state index contributed by atoms with van der Waals surface area (Å²) >= 11 is 0. The van der Waals surface area contributed by atoms with Gasteiger partial charge in [-0.2, -0.15) is 0 Å². The Labute approximate surface area is 243 Å². The number of fused-ring (bicyclic) bond motifs is 1. The van der Waals surface area contributed by atoms with Crippen LogP contribution < -0.4 is 40.3 Å². The van der Waals surface area contributed by atoms with E-state index in [0.717, 1.165) is 18.2 Å². The summed E-state index contributed by atoms with van der Waals surface area (Å²) in [7, 11) is 6.12. The van der Waals surface area contributed by atoms with Crippen molar-refractivity contribution in [3.05, 3.63) is 81.0 Å². The highest BCUT2D eigenvalue weighted by atomic mass is 16.5. The number of benzene rings is 3. The smallest absolute Gasteiger partial charge is 0.266 e. The number of methoxy groups -OCH3 is 4. The number of pyridine rings is 1. The number of carbonyl (C=O) groups excluding carboxylic acids is 1. The van der Waals surface area contributed by atoms with E-state index in [1.54, 1.807) is 35.9 Å². The number of amides is 1. The number of rotatable bonds is 9. The molecule has 1 aliphatic rings. The average molecular weight is 571 g/mol. The predicted octanol–water partition coefficient (Wildman–Crippen LogP) is 4.08. The molecule has 0 saturated heterocycles. The Bertz CT molecular complexity index is 1830. The summed E-state index contributed by atoms with van der Waals surface area (Å²) in [5.41, 5.74) is 2.05. The molecule has 3 aromatic carbocycles. The molecule has 9 nitrogen and oxygen atoms in total. The van der Waals surface area contributed by atoms with Gasteiger partial charge in [-0.05, 0) is 60.7 Å². The van der Waals surface area contributed by atoms with Crippen molar-refractivity contribution < 1.29 is 28.8 Å². The Morgan fingerprint density at radius 2 is 1.62 bits per heavy atom. The average Bonchev–Trinajstić information content (AvgIpc) is 3.80. The van der Waals surface area contributed by atoms with Gasteiger partial charge in [0.2, 0.25) is 11.7 Å². The maximum atomic E-state index is 14.0. The molecule has 9 heteroatoms. The lowest BCUT2D eigenvalue weighted by molar-refractivity contribution is -0.115. The van der Waals surface area contributed by atoms with Crippen LogP contribution in [0.4, 0.5) is 5.69 Å². The second-order valence-electron chi connectivity index (χ2n) is 10.2. The molecule has 4 aromatic rings. The molecular formula is C33H34N2O7. The summed E-state index contributed by atoms with van der Waals surface area (Å²) in [6.45, 7) is 1.52. The van der Waals surface area contributed by atoms with Gasteiger partial charge >= 0.3 is 0 Å². The van der Waals surface area contributed by atoms with Crippen LogP contribution in [0.25, 0.3) is 28.4 Å². The first-order chi connectivity index (χ1) is 20.3. The minimum Gasteiger partial charge on any atom is -0.512 e. The highest BCUT2D eigenvalue weighted by molar-refractivity contribution is 5.93. The number of anilines is 1. The van der Waals surface area contributed by atoms with Gasteiger partial charge < -0.3 is 29.4 Å². The zero-order chi connectivity index (χ0) is 30.0. The number of aromatic nitrogens is 1. The largest absolute Gasteiger partial charge is 0.512 e. The lowest BCUT2D eigenvalue weighted by Gasteiger charge is -2.16. The molecule has 0 unspecified atom stereocenters. The van der Waals surface area contributed by atoms with Crippen molar-refractivity contribution in [2.45, 2.75) is 26.2 Å². The number of aliphatic hydroxyl groups excluding tert-OH is 1. The minimum absolute atomic E-state index is 0.0477. The van der Waals surface area contributed by atoms with Crippen LogP contribution in [-0.2, 0) is 11.2 Å². The number of hydrogen-bond donors (Lipinski definition) is 2. The summed E-state index contributed by atoms with van der Waals surface area (Å²) in [5.74, 6) is 1.91. The zero-order valence-corrected chi connectivity index (χ0v) is 24.3.